The van der Waals surface area contributed by atoms with Crippen molar-refractivity contribution in [1.82, 2.24) is 9.21 Å². The molecule has 2 aliphatic carbocycles. The minimum atomic E-state index is -3.79. The molecule has 1 saturated heterocycles. The van der Waals surface area contributed by atoms with Gasteiger partial charge in [-0.25, -0.2) is 12.7 Å². The highest BCUT2D eigenvalue weighted by Crippen LogP contribution is 2.66. The van der Waals surface area contributed by atoms with Crippen molar-refractivity contribution >= 4 is 21.7 Å². The molecule has 6 rings (SSSR count). The number of ketones is 1. The fraction of sp³-hybridized carbons (Fsp3) is 0.611. The molecule has 10 nitrogen and oxygen atoms in total. The fourth-order valence-electron chi connectivity index (χ4n) is 8.73. The van der Waals surface area contributed by atoms with Crippen LogP contribution in [0.25, 0.3) is 0 Å². The first-order valence-corrected chi connectivity index (χ1v) is 18.4. The Labute approximate surface area is 278 Å². The summed E-state index contributed by atoms with van der Waals surface area (Å²) < 4.78 is 47.3. The van der Waals surface area contributed by atoms with Crippen LogP contribution >= 0.6 is 0 Å². The lowest BCUT2D eigenvalue weighted by molar-refractivity contribution is -0.128. The lowest BCUT2D eigenvalue weighted by Gasteiger charge is -2.47. The summed E-state index contributed by atoms with van der Waals surface area (Å²) in [6, 6.07) is 13.5. The maximum absolute atomic E-state index is 13.9. The highest BCUT2D eigenvalue weighted by molar-refractivity contribution is 7.89. The summed E-state index contributed by atoms with van der Waals surface area (Å²) in [6.45, 7) is 9.52. The van der Waals surface area contributed by atoms with Crippen LogP contribution in [0.15, 0.2) is 42.5 Å². The molecule has 4 aliphatic rings. The molecule has 1 amide bonds. The van der Waals surface area contributed by atoms with Crippen molar-refractivity contribution in [2.45, 2.75) is 83.3 Å². The molecule has 2 aliphatic heterocycles. The number of hydrogen-bond donors (Lipinski definition) is 1. The number of carbonyl (C=O) groups excluding carboxylic acids is 2. The lowest BCUT2D eigenvalue weighted by atomic mass is 9.69. The first kappa shape index (κ1) is 33.9. The first-order valence-electron chi connectivity index (χ1n) is 16.8. The van der Waals surface area contributed by atoms with Gasteiger partial charge in [0.1, 0.15) is 22.9 Å². The molecule has 2 aromatic carbocycles. The van der Waals surface area contributed by atoms with Gasteiger partial charge in [-0.15, -0.1) is 0 Å². The van der Waals surface area contributed by atoms with E-state index in [-0.39, 0.29) is 49.7 Å². The van der Waals surface area contributed by atoms with E-state index in [1.165, 1.54) is 4.31 Å². The van der Waals surface area contributed by atoms with Crippen molar-refractivity contribution in [3.63, 3.8) is 0 Å². The van der Waals surface area contributed by atoms with E-state index in [9.17, 15) is 23.1 Å². The molecule has 2 heterocycles. The average Bonchev–Trinajstić information content (AvgIpc) is 3.32. The third kappa shape index (κ3) is 5.47. The standard InChI is InChI=1S/C36H48N2O8S/c1-6-37(7-2)32(40)26-13-11-25(12-14-26)27-21-34(46-29-10-8-9-28(31(27)29)45-24-44-5)17-19-38(20-18-34)47(42,43)23-35-15-16-36(41,22-30(35)39)33(35,3)4/h8-14,27,41H,6-7,15-24H2,1-5H3/t27-,35?,36-/m0/s1. The van der Waals surface area contributed by atoms with Gasteiger partial charge in [-0.05, 0) is 62.9 Å². The molecule has 0 radical (unpaired) electrons. The number of methoxy groups -OCH3 is 1. The summed E-state index contributed by atoms with van der Waals surface area (Å²) in [4.78, 5) is 28.0. The number of ether oxygens (including phenoxy) is 3. The zero-order chi connectivity index (χ0) is 33.8. The Hall–Kier alpha value is -2.99. The van der Waals surface area contributed by atoms with Crippen LogP contribution < -0.4 is 9.47 Å². The highest BCUT2D eigenvalue weighted by atomic mass is 32.2. The minimum absolute atomic E-state index is 0.00684. The number of Topliss-reactive ketones (excluding diaryl/α,β-unsaturated/α-hetero) is 1. The molecule has 2 aromatic rings. The van der Waals surface area contributed by atoms with E-state index in [0.29, 0.717) is 62.3 Å². The van der Waals surface area contributed by atoms with Crippen molar-refractivity contribution in [2.75, 3.05) is 45.8 Å². The third-order valence-corrected chi connectivity index (χ3v) is 14.0. The predicted octanol–water partition coefficient (Wildman–Crippen LogP) is 4.74. The molecule has 1 unspecified atom stereocenters. The summed E-state index contributed by atoms with van der Waals surface area (Å²) >= 11 is 0. The van der Waals surface area contributed by atoms with Crippen molar-refractivity contribution < 1.29 is 37.3 Å². The van der Waals surface area contributed by atoms with Crippen molar-refractivity contribution in [1.29, 1.82) is 0 Å². The molecule has 2 saturated carbocycles. The van der Waals surface area contributed by atoms with E-state index >= 15 is 0 Å². The van der Waals surface area contributed by atoms with E-state index in [1.807, 2.05) is 70.2 Å². The maximum Gasteiger partial charge on any atom is 0.253 e. The average molecular weight is 669 g/mol. The number of carbonyl (C=O) groups is 2. The van der Waals surface area contributed by atoms with E-state index in [1.54, 1.807) is 12.0 Å². The highest BCUT2D eigenvalue weighted by Gasteiger charge is 2.72. The number of benzene rings is 2. The molecule has 3 fully saturated rings. The van der Waals surface area contributed by atoms with Crippen LogP contribution in [-0.2, 0) is 19.6 Å². The molecular formula is C36H48N2O8S. The summed E-state index contributed by atoms with van der Waals surface area (Å²) in [5, 5.41) is 11.2. The smallest absolute Gasteiger partial charge is 0.253 e. The van der Waals surface area contributed by atoms with Crippen LogP contribution in [0.1, 0.15) is 93.6 Å². The van der Waals surface area contributed by atoms with E-state index in [0.717, 1.165) is 11.1 Å². The van der Waals surface area contributed by atoms with E-state index in [2.05, 4.69) is 0 Å². The van der Waals surface area contributed by atoms with Crippen molar-refractivity contribution in [3.05, 3.63) is 59.2 Å². The Morgan fingerprint density at radius 3 is 2.30 bits per heavy atom. The van der Waals surface area contributed by atoms with Gasteiger partial charge in [0.15, 0.2) is 6.79 Å². The molecule has 256 valence electrons. The van der Waals surface area contributed by atoms with Gasteiger partial charge in [-0.3, -0.25) is 9.59 Å². The van der Waals surface area contributed by atoms with Crippen molar-refractivity contribution in [2.24, 2.45) is 10.8 Å². The zero-order valence-electron chi connectivity index (χ0n) is 28.2. The number of fused-ring (bicyclic) bond motifs is 3. The number of nitrogens with zero attached hydrogens (tertiary/aromatic N) is 2. The van der Waals surface area contributed by atoms with E-state index in [4.69, 9.17) is 14.2 Å². The van der Waals surface area contributed by atoms with Crippen LogP contribution in [0, 0.1) is 10.8 Å². The molecule has 2 bridgehead atoms. The molecule has 11 heteroatoms. The van der Waals surface area contributed by atoms with Crippen molar-refractivity contribution in [3.8, 4) is 11.5 Å². The van der Waals surface area contributed by atoms with Crippen LogP contribution in [0.2, 0.25) is 0 Å². The normalized spacial score (nSPS) is 27.8. The zero-order valence-corrected chi connectivity index (χ0v) is 29.0. The van der Waals surface area contributed by atoms with Gasteiger partial charge in [-0.2, -0.15) is 0 Å². The molecule has 0 aromatic heterocycles. The maximum atomic E-state index is 13.9. The van der Waals surface area contributed by atoms with Gasteiger partial charge in [0.2, 0.25) is 10.0 Å². The Balaban J connectivity index is 1.26. The quantitative estimate of drug-likeness (QED) is 0.361. The summed E-state index contributed by atoms with van der Waals surface area (Å²) in [6.07, 6.45) is 2.43. The lowest BCUT2D eigenvalue weighted by Crippen LogP contribution is -2.54. The number of hydrogen-bond acceptors (Lipinski definition) is 8. The second kappa shape index (κ2) is 12.2. The van der Waals surface area contributed by atoms with Gasteiger partial charge in [-0.1, -0.05) is 32.0 Å². The van der Waals surface area contributed by atoms with Gasteiger partial charge >= 0.3 is 0 Å². The Kier molecular flexibility index (Phi) is 8.77. The second-order valence-corrected chi connectivity index (χ2v) is 16.3. The molecule has 3 atom stereocenters. The van der Waals surface area contributed by atoms with E-state index < -0.39 is 32.1 Å². The monoisotopic (exact) mass is 668 g/mol. The third-order valence-electron chi connectivity index (χ3n) is 12.0. The number of sulfonamides is 1. The van der Waals surface area contributed by atoms with Crippen LogP contribution in [0.4, 0.5) is 0 Å². The second-order valence-electron chi connectivity index (χ2n) is 14.4. The van der Waals surface area contributed by atoms with Gasteiger partial charge in [0.05, 0.1) is 16.8 Å². The summed E-state index contributed by atoms with van der Waals surface area (Å²) in [5.74, 6) is 0.808. The van der Waals surface area contributed by atoms with Crippen LogP contribution in [-0.4, -0.2) is 91.5 Å². The number of rotatable bonds is 10. The van der Waals surface area contributed by atoms with Gasteiger partial charge in [0, 0.05) is 75.0 Å². The molecular weight excluding hydrogens is 620 g/mol. The Bertz CT molecular complexity index is 1630. The molecule has 47 heavy (non-hydrogen) atoms. The predicted molar refractivity (Wildman–Crippen MR) is 177 cm³/mol. The first-order chi connectivity index (χ1) is 22.3. The minimum Gasteiger partial charge on any atom is -0.487 e. The van der Waals surface area contributed by atoms with Gasteiger partial charge in [0.25, 0.3) is 5.91 Å². The SMILES string of the molecule is CCN(CC)C(=O)c1ccc([C@@H]2CC3(CCN(S(=O)(=O)CC45CC[C@](O)(CC4=O)C5(C)C)CC3)Oc3cccc(OCOC)c32)cc1. The Morgan fingerprint density at radius 1 is 1.04 bits per heavy atom. The largest absolute Gasteiger partial charge is 0.487 e. The topological polar surface area (TPSA) is 123 Å². The number of piperidine rings is 1. The van der Waals surface area contributed by atoms with Crippen LogP contribution in [0.5, 0.6) is 11.5 Å². The molecule has 1 spiro atoms. The summed E-state index contributed by atoms with van der Waals surface area (Å²) in [5.41, 5.74) is -1.09. The number of aliphatic hydroxyl groups is 1. The summed E-state index contributed by atoms with van der Waals surface area (Å²) in [7, 11) is -2.22. The fourth-order valence-corrected chi connectivity index (χ4v) is 10.9. The van der Waals surface area contributed by atoms with Crippen LogP contribution in [0.3, 0.4) is 0 Å². The Morgan fingerprint density at radius 2 is 1.72 bits per heavy atom. The molecule has 1 N–H and O–H groups in total. The van der Waals surface area contributed by atoms with Gasteiger partial charge < -0.3 is 24.2 Å². The number of amides is 1.